The van der Waals surface area contributed by atoms with Crippen molar-refractivity contribution in [2.24, 2.45) is 5.73 Å². The van der Waals surface area contributed by atoms with Gasteiger partial charge in [-0.25, -0.2) is 0 Å². The molecule has 1 aromatic carbocycles. The van der Waals surface area contributed by atoms with Gasteiger partial charge in [0.15, 0.2) is 11.5 Å². The Labute approximate surface area is 82.3 Å². The van der Waals surface area contributed by atoms with E-state index in [1.807, 2.05) is 6.92 Å². The molecule has 0 spiro atoms. The number of phenols is 1. The highest BCUT2D eigenvalue weighted by Gasteiger charge is 2.14. The smallest absolute Gasteiger partial charge is 0.206 e. The molecule has 0 aromatic heterocycles. The summed E-state index contributed by atoms with van der Waals surface area (Å²) in [6.07, 6.45) is 0.514. The van der Waals surface area contributed by atoms with Crippen LogP contribution in [0.5, 0.6) is 11.5 Å². The van der Waals surface area contributed by atoms with Gasteiger partial charge >= 0.3 is 0 Å². The fraction of sp³-hybridized carbons (Fsp3) is 0.400. The second-order valence-corrected chi connectivity index (χ2v) is 3.27. The van der Waals surface area contributed by atoms with Crippen molar-refractivity contribution in [2.75, 3.05) is 7.11 Å². The Morgan fingerprint density at radius 3 is 2.71 bits per heavy atom. The van der Waals surface area contributed by atoms with Crippen LogP contribution in [0.2, 0.25) is 0 Å². The normalized spacial score (nSPS) is 12.6. The summed E-state index contributed by atoms with van der Waals surface area (Å²) in [5.74, 6) is -1.07. The van der Waals surface area contributed by atoms with Crippen molar-refractivity contribution in [1.82, 2.24) is 0 Å². The molecule has 3 N–H and O–H groups in total. The van der Waals surface area contributed by atoms with Crippen LogP contribution in [0.15, 0.2) is 12.1 Å². The molecular weight excluding hydrogens is 185 g/mol. The van der Waals surface area contributed by atoms with Crippen LogP contribution < -0.4 is 10.5 Å². The Bertz CT molecular complexity index is 326. The molecule has 0 amide bonds. The number of nitrogens with two attached hydrogens (primary N) is 1. The molecule has 0 aliphatic heterocycles. The molecule has 3 nitrogen and oxygen atoms in total. The van der Waals surface area contributed by atoms with Crippen molar-refractivity contribution in [3.63, 3.8) is 0 Å². The third-order valence-electron chi connectivity index (χ3n) is 1.90. The highest BCUT2D eigenvalue weighted by Crippen LogP contribution is 2.29. The van der Waals surface area contributed by atoms with Gasteiger partial charge < -0.3 is 15.6 Å². The van der Waals surface area contributed by atoms with E-state index in [-0.39, 0.29) is 11.8 Å². The fourth-order valence-corrected chi connectivity index (χ4v) is 1.31. The molecule has 0 radical (unpaired) electrons. The highest BCUT2D eigenvalue weighted by molar-refractivity contribution is 5.42. The van der Waals surface area contributed by atoms with E-state index >= 15 is 0 Å². The number of phenolic OH excluding ortho intramolecular Hbond substituents is 1. The number of methoxy groups -OCH3 is 1. The van der Waals surface area contributed by atoms with Crippen LogP contribution in [0.1, 0.15) is 12.5 Å². The van der Waals surface area contributed by atoms with E-state index in [2.05, 4.69) is 0 Å². The van der Waals surface area contributed by atoms with Crippen LogP contribution in [0.25, 0.3) is 0 Å². The van der Waals surface area contributed by atoms with Crippen LogP contribution in [0, 0.1) is 5.82 Å². The summed E-state index contributed by atoms with van der Waals surface area (Å²) in [5, 5.41) is 9.10. The lowest BCUT2D eigenvalue weighted by atomic mass is 10.1. The van der Waals surface area contributed by atoms with Gasteiger partial charge in [-0.1, -0.05) is 6.07 Å². The van der Waals surface area contributed by atoms with Crippen LogP contribution in [0.4, 0.5) is 4.39 Å². The summed E-state index contributed by atoms with van der Waals surface area (Å²) in [6, 6.07) is 2.84. The molecule has 0 aliphatic rings. The quantitative estimate of drug-likeness (QED) is 0.774. The van der Waals surface area contributed by atoms with E-state index in [0.29, 0.717) is 12.0 Å². The van der Waals surface area contributed by atoms with Crippen LogP contribution in [0.3, 0.4) is 0 Å². The second-order valence-electron chi connectivity index (χ2n) is 3.27. The average Bonchev–Trinajstić information content (AvgIpc) is 2.11. The maximum atomic E-state index is 13.3. The van der Waals surface area contributed by atoms with Gasteiger partial charge in [0.1, 0.15) is 0 Å². The third kappa shape index (κ3) is 2.14. The number of rotatable bonds is 3. The highest BCUT2D eigenvalue weighted by atomic mass is 19.1. The van der Waals surface area contributed by atoms with Gasteiger partial charge in [-0.2, -0.15) is 4.39 Å². The zero-order chi connectivity index (χ0) is 10.7. The fourth-order valence-electron chi connectivity index (χ4n) is 1.31. The van der Waals surface area contributed by atoms with E-state index in [0.717, 1.165) is 0 Å². The minimum absolute atomic E-state index is 0.0716. The molecule has 1 rings (SSSR count). The third-order valence-corrected chi connectivity index (χ3v) is 1.90. The number of hydrogen-bond donors (Lipinski definition) is 2. The molecule has 14 heavy (non-hydrogen) atoms. The van der Waals surface area contributed by atoms with E-state index in [9.17, 15) is 4.39 Å². The van der Waals surface area contributed by atoms with Gasteiger partial charge in [0.25, 0.3) is 0 Å². The molecule has 0 aliphatic carbocycles. The zero-order valence-electron chi connectivity index (χ0n) is 8.25. The van der Waals surface area contributed by atoms with Gasteiger partial charge in [-0.05, 0) is 25.0 Å². The minimum atomic E-state index is -0.731. The van der Waals surface area contributed by atoms with Gasteiger partial charge in [0, 0.05) is 6.04 Å². The molecule has 1 aromatic rings. The first kappa shape index (κ1) is 10.8. The topological polar surface area (TPSA) is 55.5 Å². The first-order chi connectivity index (χ1) is 6.56. The molecule has 0 saturated carbocycles. The number of ether oxygens (including phenoxy) is 1. The molecule has 0 heterocycles. The average molecular weight is 199 g/mol. The Hall–Kier alpha value is -1.29. The van der Waals surface area contributed by atoms with Crippen molar-refractivity contribution in [1.29, 1.82) is 0 Å². The standard InChI is InChI=1S/C10H14FNO2/c1-6(12)5-7-3-4-8(13)9(11)10(7)14-2/h3-4,6,13H,5,12H2,1-2H3. The summed E-state index contributed by atoms with van der Waals surface area (Å²) >= 11 is 0. The summed E-state index contributed by atoms with van der Waals surface area (Å²) < 4.78 is 18.2. The Morgan fingerprint density at radius 1 is 1.57 bits per heavy atom. The molecule has 1 atom stereocenters. The van der Waals surface area contributed by atoms with E-state index in [4.69, 9.17) is 15.6 Å². The van der Waals surface area contributed by atoms with Crippen LogP contribution in [-0.4, -0.2) is 18.3 Å². The van der Waals surface area contributed by atoms with Crippen LogP contribution in [-0.2, 0) is 6.42 Å². The predicted molar refractivity (Wildman–Crippen MR) is 52.0 cm³/mol. The summed E-state index contributed by atoms with van der Waals surface area (Å²) in [6.45, 7) is 1.82. The van der Waals surface area contributed by atoms with Crippen molar-refractivity contribution >= 4 is 0 Å². The predicted octanol–water partition coefficient (Wildman–Crippen LogP) is 1.43. The lowest BCUT2D eigenvalue weighted by Gasteiger charge is -2.11. The first-order valence-corrected chi connectivity index (χ1v) is 4.36. The minimum Gasteiger partial charge on any atom is -0.505 e. The Balaban J connectivity index is 3.10. The maximum Gasteiger partial charge on any atom is 0.206 e. The molecule has 0 fully saturated rings. The molecule has 1 unspecified atom stereocenters. The molecular formula is C10H14FNO2. The first-order valence-electron chi connectivity index (χ1n) is 4.36. The van der Waals surface area contributed by atoms with Gasteiger partial charge in [-0.3, -0.25) is 0 Å². The summed E-state index contributed by atoms with van der Waals surface area (Å²) in [5.41, 5.74) is 6.26. The van der Waals surface area contributed by atoms with E-state index < -0.39 is 11.6 Å². The van der Waals surface area contributed by atoms with Crippen LogP contribution >= 0.6 is 0 Å². The maximum absolute atomic E-state index is 13.3. The molecule has 0 bridgehead atoms. The van der Waals surface area contributed by atoms with Crippen molar-refractivity contribution in [2.45, 2.75) is 19.4 Å². The van der Waals surface area contributed by atoms with Gasteiger partial charge in [0.05, 0.1) is 7.11 Å². The number of benzene rings is 1. The Kier molecular flexibility index (Phi) is 3.30. The molecule has 78 valence electrons. The summed E-state index contributed by atoms with van der Waals surface area (Å²) in [7, 11) is 1.36. The van der Waals surface area contributed by atoms with Gasteiger partial charge in [0.2, 0.25) is 5.82 Å². The Morgan fingerprint density at radius 2 is 2.21 bits per heavy atom. The second kappa shape index (κ2) is 4.28. The SMILES string of the molecule is COc1c(CC(C)N)ccc(O)c1F. The van der Waals surface area contributed by atoms with Crippen molar-refractivity contribution in [3.8, 4) is 11.5 Å². The van der Waals surface area contributed by atoms with E-state index in [1.54, 1.807) is 6.07 Å². The van der Waals surface area contributed by atoms with E-state index in [1.165, 1.54) is 13.2 Å². The lowest BCUT2D eigenvalue weighted by Crippen LogP contribution is -2.18. The number of aromatic hydroxyl groups is 1. The molecule has 4 heteroatoms. The number of hydrogen-bond acceptors (Lipinski definition) is 3. The summed E-state index contributed by atoms with van der Waals surface area (Å²) in [4.78, 5) is 0. The van der Waals surface area contributed by atoms with Crippen molar-refractivity contribution < 1.29 is 14.2 Å². The monoisotopic (exact) mass is 199 g/mol. The number of halogens is 1. The molecule has 0 saturated heterocycles. The lowest BCUT2D eigenvalue weighted by molar-refractivity contribution is 0.359. The van der Waals surface area contributed by atoms with Crippen molar-refractivity contribution in [3.05, 3.63) is 23.5 Å². The zero-order valence-corrected chi connectivity index (χ0v) is 8.25. The largest absolute Gasteiger partial charge is 0.505 e. The van der Waals surface area contributed by atoms with Gasteiger partial charge in [-0.15, -0.1) is 0 Å².